The van der Waals surface area contributed by atoms with Crippen molar-refractivity contribution in [1.29, 1.82) is 0 Å². The summed E-state index contributed by atoms with van der Waals surface area (Å²) in [6, 6.07) is 14.5. The van der Waals surface area contributed by atoms with Gasteiger partial charge in [-0.05, 0) is 40.5 Å². The van der Waals surface area contributed by atoms with Crippen LogP contribution in [0.5, 0.6) is 0 Å². The predicted molar refractivity (Wildman–Crippen MR) is 76.9 cm³/mol. The molecule has 0 amide bonds. The first-order chi connectivity index (χ1) is 8.74. The first-order valence-corrected chi connectivity index (χ1v) is 6.70. The molecule has 18 heavy (non-hydrogen) atoms. The number of imidazole rings is 1. The molecule has 0 unspecified atom stereocenters. The number of halogens is 1. The Bertz CT molecular complexity index is 686. The van der Waals surface area contributed by atoms with Gasteiger partial charge in [-0.1, -0.05) is 30.3 Å². The minimum absolute atomic E-state index is 0.875. The van der Waals surface area contributed by atoms with Gasteiger partial charge in [0, 0.05) is 22.8 Å². The van der Waals surface area contributed by atoms with E-state index in [1.165, 1.54) is 11.3 Å². The molecule has 0 aliphatic heterocycles. The van der Waals surface area contributed by atoms with E-state index < -0.39 is 0 Å². The standard InChI is InChI=1S/C15H13BrN2/c1-11-14(16)7-8-15-17-13(10-18(11)15)9-12-5-3-2-4-6-12/h2-8,10H,9H2,1H3. The summed E-state index contributed by atoms with van der Waals surface area (Å²) in [6.07, 6.45) is 2.99. The minimum atomic E-state index is 0.875. The number of benzene rings is 1. The summed E-state index contributed by atoms with van der Waals surface area (Å²) in [5.74, 6) is 0. The molecule has 0 atom stereocenters. The van der Waals surface area contributed by atoms with Gasteiger partial charge in [0.1, 0.15) is 5.65 Å². The molecule has 2 heterocycles. The van der Waals surface area contributed by atoms with Crippen LogP contribution < -0.4 is 0 Å². The zero-order valence-corrected chi connectivity index (χ0v) is 11.7. The molecule has 3 aromatic rings. The molecule has 0 aliphatic carbocycles. The van der Waals surface area contributed by atoms with Gasteiger partial charge < -0.3 is 4.40 Å². The van der Waals surface area contributed by atoms with Crippen LogP contribution in [0.15, 0.2) is 53.1 Å². The van der Waals surface area contributed by atoms with Gasteiger partial charge in [-0.2, -0.15) is 0 Å². The fourth-order valence-electron chi connectivity index (χ4n) is 2.10. The maximum Gasteiger partial charge on any atom is 0.137 e. The van der Waals surface area contributed by atoms with Crippen LogP contribution in [0.3, 0.4) is 0 Å². The van der Waals surface area contributed by atoms with E-state index in [0.29, 0.717) is 0 Å². The van der Waals surface area contributed by atoms with E-state index in [2.05, 4.69) is 62.7 Å². The third-order valence-corrected chi connectivity index (χ3v) is 3.94. The van der Waals surface area contributed by atoms with Crippen LogP contribution in [-0.2, 0) is 6.42 Å². The van der Waals surface area contributed by atoms with Crippen LogP contribution in [0.2, 0.25) is 0 Å². The van der Waals surface area contributed by atoms with Crippen molar-refractivity contribution in [2.24, 2.45) is 0 Å². The molecule has 0 fully saturated rings. The number of nitrogens with zero attached hydrogens (tertiary/aromatic N) is 2. The van der Waals surface area contributed by atoms with Crippen molar-refractivity contribution in [2.45, 2.75) is 13.3 Å². The first-order valence-electron chi connectivity index (χ1n) is 5.91. The zero-order chi connectivity index (χ0) is 12.5. The highest BCUT2D eigenvalue weighted by molar-refractivity contribution is 9.10. The highest BCUT2D eigenvalue weighted by Crippen LogP contribution is 2.19. The number of fused-ring (bicyclic) bond motifs is 1. The molecule has 2 nitrogen and oxygen atoms in total. The topological polar surface area (TPSA) is 17.3 Å². The number of rotatable bonds is 2. The Labute approximate surface area is 114 Å². The van der Waals surface area contributed by atoms with E-state index in [1.807, 2.05) is 18.2 Å². The zero-order valence-electron chi connectivity index (χ0n) is 10.1. The fourth-order valence-corrected chi connectivity index (χ4v) is 2.43. The smallest absolute Gasteiger partial charge is 0.137 e. The van der Waals surface area contributed by atoms with Gasteiger partial charge in [-0.25, -0.2) is 4.98 Å². The molecule has 0 aliphatic rings. The summed E-state index contributed by atoms with van der Waals surface area (Å²) in [7, 11) is 0. The molecule has 0 spiro atoms. The molecule has 3 rings (SSSR count). The van der Waals surface area contributed by atoms with E-state index in [1.54, 1.807) is 0 Å². The molecule has 1 aromatic carbocycles. The molecule has 3 heteroatoms. The Balaban J connectivity index is 2.02. The average molecular weight is 301 g/mol. The molecular formula is C15H13BrN2. The number of pyridine rings is 1. The van der Waals surface area contributed by atoms with Crippen molar-refractivity contribution < 1.29 is 0 Å². The summed E-state index contributed by atoms with van der Waals surface area (Å²) < 4.78 is 3.24. The molecule has 0 bridgehead atoms. The number of aromatic nitrogens is 2. The number of aryl methyl sites for hydroxylation is 1. The van der Waals surface area contributed by atoms with Gasteiger partial charge >= 0.3 is 0 Å². The molecule has 0 saturated carbocycles. The summed E-state index contributed by atoms with van der Waals surface area (Å²) in [5.41, 5.74) is 4.57. The lowest BCUT2D eigenvalue weighted by Gasteiger charge is -2.00. The van der Waals surface area contributed by atoms with Crippen molar-refractivity contribution in [2.75, 3.05) is 0 Å². The van der Waals surface area contributed by atoms with Gasteiger partial charge in [-0.3, -0.25) is 0 Å². The third-order valence-electron chi connectivity index (χ3n) is 3.10. The molecular weight excluding hydrogens is 288 g/mol. The van der Waals surface area contributed by atoms with Crippen molar-refractivity contribution >= 4 is 21.6 Å². The lowest BCUT2D eigenvalue weighted by molar-refractivity contribution is 1.07. The predicted octanol–water partition coefficient (Wildman–Crippen LogP) is 4.00. The second kappa shape index (κ2) is 4.58. The second-order valence-corrected chi connectivity index (χ2v) is 5.24. The molecule has 0 radical (unpaired) electrons. The van der Waals surface area contributed by atoms with E-state index in [9.17, 15) is 0 Å². The van der Waals surface area contributed by atoms with Crippen molar-refractivity contribution in [3.63, 3.8) is 0 Å². The number of hydrogen-bond donors (Lipinski definition) is 0. The maximum absolute atomic E-state index is 4.65. The third kappa shape index (κ3) is 2.06. The second-order valence-electron chi connectivity index (χ2n) is 4.39. The first kappa shape index (κ1) is 11.5. The van der Waals surface area contributed by atoms with Crippen molar-refractivity contribution in [1.82, 2.24) is 9.38 Å². The van der Waals surface area contributed by atoms with Gasteiger partial charge in [0.25, 0.3) is 0 Å². The van der Waals surface area contributed by atoms with Crippen LogP contribution in [-0.4, -0.2) is 9.38 Å². The Kier molecular flexibility index (Phi) is 2.92. The van der Waals surface area contributed by atoms with Gasteiger partial charge in [0.2, 0.25) is 0 Å². The maximum atomic E-state index is 4.65. The molecule has 0 N–H and O–H groups in total. The molecule has 0 saturated heterocycles. The SMILES string of the molecule is Cc1c(Br)ccc2nc(Cc3ccccc3)cn12. The van der Waals surface area contributed by atoms with E-state index in [-0.39, 0.29) is 0 Å². The van der Waals surface area contributed by atoms with Crippen LogP contribution >= 0.6 is 15.9 Å². The Hall–Kier alpha value is -1.61. The van der Waals surface area contributed by atoms with Gasteiger partial charge in [0.15, 0.2) is 0 Å². The van der Waals surface area contributed by atoms with Crippen molar-refractivity contribution in [3.05, 3.63) is 70.1 Å². The van der Waals surface area contributed by atoms with E-state index in [0.717, 1.165) is 22.2 Å². The summed E-state index contributed by atoms with van der Waals surface area (Å²) in [4.78, 5) is 4.65. The minimum Gasteiger partial charge on any atom is -0.303 e. The van der Waals surface area contributed by atoms with Crippen LogP contribution in [0.25, 0.3) is 5.65 Å². The lowest BCUT2D eigenvalue weighted by Crippen LogP contribution is -1.89. The normalized spacial score (nSPS) is 11.0. The van der Waals surface area contributed by atoms with E-state index >= 15 is 0 Å². The van der Waals surface area contributed by atoms with E-state index in [4.69, 9.17) is 0 Å². The largest absolute Gasteiger partial charge is 0.303 e. The molecule has 2 aromatic heterocycles. The Morgan fingerprint density at radius 1 is 1.11 bits per heavy atom. The van der Waals surface area contributed by atoms with Crippen LogP contribution in [0.4, 0.5) is 0 Å². The lowest BCUT2D eigenvalue weighted by atomic mass is 10.1. The average Bonchev–Trinajstić information content (AvgIpc) is 2.79. The highest BCUT2D eigenvalue weighted by atomic mass is 79.9. The Morgan fingerprint density at radius 3 is 2.67 bits per heavy atom. The van der Waals surface area contributed by atoms with Crippen molar-refractivity contribution in [3.8, 4) is 0 Å². The monoisotopic (exact) mass is 300 g/mol. The van der Waals surface area contributed by atoms with Crippen LogP contribution in [0.1, 0.15) is 17.0 Å². The molecule has 90 valence electrons. The Morgan fingerprint density at radius 2 is 1.89 bits per heavy atom. The quantitative estimate of drug-likeness (QED) is 0.699. The van der Waals surface area contributed by atoms with Crippen LogP contribution in [0, 0.1) is 6.92 Å². The van der Waals surface area contributed by atoms with Gasteiger partial charge in [0.05, 0.1) is 5.69 Å². The number of hydrogen-bond acceptors (Lipinski definition) is 1. The summed E-state index contributed by atoms with van der Waals surface area (Å²) in [5, 5.41) is 0. The summed E-state index contributed by atoms with van der Waals surface area (Å²) >= 11 is 3.54. The van der Waals surface area contributed by atoms with Gasteiger partial charge in [-0.15, -0.1) is 0 Å². The highest BCUT2D eigenvalue weighted by Gasteiger charge is 2.06. The fraction of sp³-hybridized carbons (Fsp3) is 0.133. The summed E-state index contributed by atoms with van der Waals surface area (Å²) in [6.45, 7) is 2.09.